The van der Waals surface area contributed by atoms with Crippen molar-refractivity contribution in [1.82, 2.24) is 15.3 Å². The van der Waals surface area contributed by atoms with Crippen molar-refractivity contribution in [1.29, 1.82) is 0 Å². The zero-order valence-corrected chi connectivity index (χ0v) is 10.4. The van der Waals surface area contributed by atoms with Gasteiger partial charge >= 0.3 is 5.97 Å². The van der Waals surface area contributed by atoms with Gasteiger partial charge < -0.3 is 15.0 Å². The molecule has 6 heteroatoms. The highest BCUT2D eigenvalue weighted by Crippen LogP contribution is 2.22. The summed E-state index contributed by atoms with van der Waals surface area (Å²) >= 11 is 0. The molecule has 0 saturated carbocycles. The summed E-state index contributed by atoms with van der Waals surface area (Å²) in [6, 6.07) is 0. The van der Waals surface area contributed by atoms with Crippen LogP contribution in [0.25, 0.3) is 0 Å². The number of amides is 1. The number of hydrogen-bond donors (Lipinski definition) is 2. The summed E-state index contributed by atoms with van der Waals surface area (Å²) in [7, 11) is 0. The number of nitrogens with one attached hydrogen (secondary N) is 2. The molecule has 0 spiro atoms. The highest BCUT2D eigenvalue weighted by atomic mass is 16.5. The number of carbonyl (C=O) groups excluding carboxylic acids is 2. The molecule has 1 heterocycles. The zero-order valence-electron chi connectivity index (χ0n) is 10.4. The van der Waals surface area contributed by atoms with E-state index in [9.17, 15) is 9.59 Å². The van der Waals surface area contributed by atoms with E-state index in [1.54, 1.807) is 13.3 Å². The summed E-state index contributed by atoms with van der Waals surface area (Å²) in [6.45, 7) is 2.01. The van der Waals surface area contributed by atoms with E-state index >= 15 is 0 Å². The Morgan fingerprint density at radius 1 is 1.61 bits per heavy atom. The fraction of sp³-hybridized carbons (Fsp3) is 0.583. The van der Waals surface area contributed by atoms with Crippen LogP contribution in [0.2, 0.25) is 0 Å². The van der Waals surface area contributed by atoms with Crippen LogP contribution < -0.4 is 5.32 Å². The molecule has 0 fully saturated rings. The van der Waals surface area contributed by atoms with Gasteiger partial charge in [-0.05, 0) is 19.8 Å². The minimum absolute atomic E-state index is 0.0565. The van der Waals surface area contributed by atoms with Gasteiger partial charge in [-0.25, -0.2) is 4.98 Å². The number of fused-ring (bicyclic) bond motifs is 1. The highest BCUT2D eigenvalue weighted by Gasteiger charge is 2.26. The van der Waals surface area contributed by atoms with Crippen LogP contribution in [0.15, 0.2) is 6.33 Å². The summed E-state index contributed by atoms with van der Waals surface area (Å²) in [5, 5.41) is 2.61. The van der Waals surface area contributed by atoms with E-state index in [1.807, 2.05) is 0 Å². The average Bonchev–Trinajstić information content (AvgIpc) is 2.83. The Kier molecular flexibility index (Phi) is 3.96. The molecule has 2 N–H and O–H groups in total. The maximum Gasteiger partial charge on any atom is 0.325 e. The summed E-state index contributed by atoms with van der Waals surface area (Å²) in [6.07, 6.45) is 3.89. The van der Waals surface area contributed by atoms with E-state index in [-0.39, 0.29) is 18.4 Å². The largest absolute Gasteiger partial charge is 0.465 e. The number of ether oxygens (including phenoxy) is 1. The van der Waals surface area contributed by atoms with Crippen LogP contribution in [0.3, 0.4) is 0 Å². The number of esters is 1. The minimum Gasteiger partial charge on any atom is -0.465 e. The summed E-state index contributed by atoms with van der Waals surface area (Å²) in [5.74, 6) is -0.584. The molecule has 2 rings (SSSR count). The number of imidazole rings is 1. The van der Waals surface area contributed by atoms with E-state index < -0.39 is 5.97 Å². The van der Waals surface area contributed by atoms with Gasteiger partial charge in [0.15, 0.2) is 0 Å². The summed E-state index contributed by atoms with van der Waals surface area (Å²) in [5.41, 5.74) is 2.07. The van der Waals surface area contributed by atoms with Crippen LogP contribution in [0.5, 0.6) is 0 Å². The average molecular weight is 251 g/mol. The Morgan fingerprint density at radius 2 is 2.44 bits per heavy atom. The fourth-order valence-corrected chi connectivity index (χ4v) is 2.14. The molecule has 0 aliphatic heterocycles. The van der Waals surface area contributed by atoms with Gasteiger partial charge in [0.2, 0.25) is 5.91 Å². The molecular formula is C12H17N3O3. The minimum atomic E-state index is -0.399. The van der Waals surface area contributed by atoms with Crippen LogP contribution >= 0.6 is 0 Å². The number of rotatable bonds is 4. The van der Waals surface area contributed by atoms with Crippen LogP contribution in [0, 0.1) is 5.92 Å². The molecule has 1 amide bonds. The Bertz CT molecular complexity index is 442. The molecule has 1 aromatic rings. The van der Waals surface area contributed by atoms with E-state index in [1.165, 1.54) is 0 Å². The molecule has 0 aromatic carbocycles. The van der Waals surface area contributed by atoms with Crippen LogP contribution in [-0.2, 0) is 27.2 Å². The standard InChI is InChI=1S/C12H17N3O3/c1-2-18-11(16)6-13-12(17)8-3-4-9-10(5-8)15-7-14-9/h7-8H,2-6H2,1H3,(H,13,17)(H,14,15). The number of aromatic nitrogens is 2. The fourth-order valence-electron chi connectivity index (χ4n) is 2.14. The molecule has 0 radical (unpaired) electrons. The van der Waals surface area contributed by atoms with Crippen molar-refractivity contribution >= 4 is 11.9 Å². The van der Waals surface area contributed by atoms with Crippen molar-refractivity contribution in [2.75, 3.05) is 13.2 Å². The first kappa shape index (κ1) is 12.6. The molecule has 1 unspecified atom stereocenters. The van der Waals surface area contributed by atoms with Gasteiger partial charge in [-0.1, -0.05) is 0 Å². The number of aromatic amines is 1. The van der Waals surface area contributed by atoms with E-state index in [2.05, 4.69) is 15.3 Å². The topological polar surface area (TPSA) is 84.1 Å². The molecule has 1 aliphatic rings. The molecule has 6 nitrogen and oxygen atoms in total. The lowest BCUT2D eigenvalue weighted by molar-refractivity contribution is -0.143. The molecule has 1 aliphatic carbocycles. The molecule has 0 saturated heterocycles. The van der Waals surface area contributed by atoms with E-state index in [4.69, 9.17) is 4.74 Å². The Labute approximate surface area is 105 Å². The first-order valence-electron chi connectivity index (χ1n) is 6.15. The van der Waals surface area contributed by atoms with Gasteiger partial charge in [0.05, 0.1) is 18.6 Å². The number of aryl methyl sites for hydroxylation is 1. The second-order valence-corrected chi connectivity index (χ2v) is 4.29. The van der Waals surface area contributed by atoms with Crippen LogP contribution in [0.4, 0.5) is 0 Å². The van der Waals surface area contributed by atoms with Crippen molar-refractivity contribution in [3.05, 3.63) is 17.7 Å². The maximum atomic E-state index is 11.9. The SMILES string of the molecule is CCOC(=O)CNC(=O)C1CCc2nc[nH]c2C1. The van der Waals surface area contributed by atoms with Gasteiger partial charge in [-0.3, -0.25) is 9.59 Å². The molecule has 1 atom stereocenters. The highest BCUT2D eigenvalue weighted by molar-refractivity contribution is 5.83. The Balaban J connectivity index is 1.82. The van der Waals surface area contributed by atoms with Crippen molar-refractivity contribution in [2.45, 2.75) is 26.2 Å². The smallest absolute Gasteiger partial charge is 0.325 e. The predicted octanol–water partition coefficient (Wildman–Crippen LogP) is 0.194. The number of hydrogen-bond acceptors (Lipinski definition) is 4. The predicted molar refractivity (Wildman–Crippen MR) is 63.7 cm³/mol. The van der Waals surface area contributed by atoms with E-state index in [0.29, 0.717) is 13.0 Å². The third-order valence-electron chi connectivity index (χ3n) is 3.07. The van der Waals surface area contributed by atoms with Crippen molar-refractivity contribution in [3.8, 4) is 0 Å². The lowest BCUT2D eigenvalue weighted by Gasteiger charge is -2.20. The summed E-state index contributed by atoms with van der Waals surface area (Å²) < 4.78 is 4.75. The summed E-state index contributed by atoms with van der Waals surface area (Å²) in [4.78, 5) is 30.3. The molecule has 98 valence electrons. The third-order valence-corrected chi connectivity index (χ3v) is 3.07. The van der Waals surface area contributed by atoms with Gasteiger partial charge in [-0.15, -0.1) is 0 Å². The quantitative estimate of drug-likeness (QED) is 0.748. The van der Waals surface area contributed by atoms with Crippen molar-refractivity contribution in [3.63, 3.8) is 0 Å². The van der Waals surface area contributed by atoms with E-state index in [0.717, 1.165) is 24.2 Å². The lowest BCUT2D eigenvalue weighted by atomic mass is 9.89. The Hall–Kier alpha value is -1.85. The monoisotopic (exact) mass is 251 g/mol. The normalized spacial score (nSPS) is 17.9. The molecule has 18 heavy (non-hydrogen) atoms. The lowest BCUT2D eigenvalue weighted by Crippen LogP contribution is -2.37. The second kappa shape index (κ2) is 5.66. The first-order valence-corrected chi connectivity index (χ1v) is 6.15. The Morgan fingerprint density at radius 3 is 3.22 bits per heavy atom. The van der Waals surface area contributed by atoms with Crippen molar-refractivity contribution in [2.24, 2.45) is 5.92 Å². The number of H-pyrrole nitrogens is 1. The van der Waals surface area contributed by atoms with Gasteiger partial charge in [0.1, 0.15) is 6.54 Å². The maximum absolute atomic E-state index is 11.9. The van der Waals surface area contributed by atoms with Crippen molar-refractivity contribution < 1.29 is 14.3 Å². The molecule has 0 bridgehead atoms. The van der Waals surface area contributed by atoms with Crippen LogP contribution in [-0.4, -0.2) is 35.0 Å². The molecule has 1 aromatic heterocycles. The zero-order chi connectivity index (χ0) is 13.0. The third kappa shape index (κ3) is 2.88. The van der Waals surface area contributed by atoms with Gasteiger partial charge in [-0.2, -0.15) is 0 Å². The van der Waals surface area contributed by atoms with Crippen LogP contribution in [0.1, 0.15) is 24.7 Å². The van der Waals surface area contributed by atoms with Gasteiger partial charge in [0.25, 0.3) is 0 Å². The van der Waals surface area contributed by atoms with Gasteiger partial charge in [0, 0.05) is 18.0 Å². The number of nitrogens with zero attached hydrogens (tertiary/aromatic N) is 1. The first-order chi connectivity index (χ1) is 8.70. The molecular weight excluding hydrogens is 234 g/mol. The number of carbonyl (C=O) groups is 2. The second-order valence-electron chi connectivity index (χ2n) is 4.29.